The van der Waals surface area contributed by atoms with Crippen LogP contribution in [0.4, 0.5) is 5.69 Å². The van der Waals surface area contributed by atoms with Crippen molar-refractivity contribution >= 4 is 28.2 Å². The highest BCUT2D eigenvalue weighted by Gasteiger charge is 2.00. The maximum Gasteiger partial charge on any atom is 0.119 e. The van der Waals surface area contributed by atoms with Crippen LogP contribution in [0.1, 0.15) is 0 Å². The van der Waals surface area contributed by atoms with E-state index in [2.05, 4.69) is 4.84 Å². The van der Waals surface area contributed by atoms with Crippen LogP contribution in [-0.4, -0.2) is 7.11 Å². The van der Waals surface area contributed by atoms with Gasteiger partial charge in [-0.3, -0.25) is 4.84 Å². The average molecular weight is 208 g/mol. The summed E-state index contributed by atoms with van der Waals surface area (Å²) < 4.78 is 5.14. The van der Waals surface area contributed by atoms with Gasteiger partial charge in [-0.05, 0) is 29.7 Å². The van der Waals surface area contributed by atoms with Crippen molar-refractivity contribution in [1.82, 2.24) is 0 Å². The van der Waals surface area contributed by atoms with Gasteiger partial charge in [-0.25, -0.2) is 0 Å². The first-order valence-electron chi connectivity index (χ1n) is 4.28. The molecule has 0 atom stereocenters. The zero-order valence-corrected chi connectivity index (χ0v) is 8.51. The lowest BCUT2D eigenvalue weighted by atomic mass is 10.1. The zero-order chi connectivity index (χ0) is 9.97. The molecule has 0 heterocycles. The molecular weight excluding hydrogens is 198 g/mol. The number of ether oxygens (including phenoxy) is 1. The van der Waals surface area contributed by atoms with E-state index in [1.165, 1.54) is 0 Å². The topological polar surface area (TPSA) is 21.3 Å². The number of benzene rings is 2. The number of anilines is 1. The summed E-state index contributed by atoms with van der Waals surface area (Å²) in [6.07, 6.45) is 0. The van der Waals surface area contributed by atoms with Gasteiger partial charge >= 0.3 is 0 Å². The first kappa shape index (κ1) is 9.16. The SMILES string of the molecule is COc1ccc2c(NCl)cccc2c1. The van der Waals surface area contributed by atoms with E-state index in [-0.39, 0.29) is 0 Å². The number of rotatable bonds is 2. The third-order valence-electron chi connectivity index (χ3n) is 2.19. The van der Waals surface area contributed by atoms with Crippen molar-refractivity contribution in [3.05, 3.63) is 36.4 Å². The Morgan fingerprint density at radius 3 is 2.79 bits per heavy atom. The normalized spacial score (nSPS) is 10.1. The Morgan fingerprint density at radius 2 is 2.07 bits per heavy atom. The van der Waals surface area contributed by atoms with Gasteiger partial charge in [-0.15, -0.1) is 0 Å². The first-order chi connectivity index (χ1) is 6.85. The summed E-state index contributed by atoms with van der Waals surface area (Å²) >= 11 is 5.60. The van der Waals surface area contributed by atoms with Crippen LogP contribution in [0.25, 0.3) is 10.8 Å². The van der Waals surface area contributed by atoms with Crippen LogP contribution in [-0.2, 0) is 0 Å². The van der Waals surface area contributed by atoms with E-state index in [1.807, 2.05) is 36.4 Å². The van der Waals surface area contributed by atoms with Crippen LogP contribution < -0.4 is 9.57 Å². The van der Waals surface area contributed by atoms with Crippen molar-refractivity contribution in [3.63, 3.8) is 0 Å². The Bertz CT molecular complexity index is 456. The summed E-state index contributed by atoms with van der Waals surface area (Å²) in [5, 5.41) is 2.19. The fourth-order valence-electron chi connectivity index (χ4n) is 1.47. The Labute approximate surface area is 87.6 Å². The number of hydrogen-bond donors (Lipinski definition) is 1. The summed E-state index contributed by atoms with van der Waals surface area (Å²) in [5.41, 5.74) is 0.909. The minimum atomic E-state index is 0.851. The van der Waals surface area contributed by atoms with Gasteiger partial charge in [-0.1, -0.05) is 12.1 Å². The molecule has 0 bridgehead atoms. The zero-order valence-electron chi connectivity index (χ0n) is 7.75. The van der Waals surface area contributed by atoms with E-state index in [4.69, 9.17) is 16.5 Å². The molecule has 0 amide bonds. The highest BCUT2D eigenvalue weighted by atomic mass is 35.5. The van der Waals surface area contributed by atoms with Crippen LogP contribution >= 0.6 is 11.8 Å². The predicted octanol–water partition coefficient (Wildman–Crippen LogP) is 3.41. The molecule has 0 spiro atoms. The Balaban J connectivity index is 2.67. The molecule has 0 aliphatic rings. The van der Waals surface area contributed by atoms with Crippen LogP contribution in [0.15, 0.2) is 36.4 Å². The Morgan fingerprint density at radius 1 is 1.21 bits per heavy atom. The van der Waals surface area contributed by atoms with E-state index in [0.717, 1.165) is 22.2 Å². The summed E-state index contributed by atoms with van der Waals surface area (Å²) in [6.45, 7) is 0. The molecule has 2 rings (SSSR count). The lowest BCUT2D eigenvalue weighted by molar-refractivity contribution is 0.415. The summed E-state index contributed by atoms with van der Waals surface area (Å²) in [6, 6.07) is 11.8. The maximum absolute atomic E-state index is 5.60. The van der Waals surface area contributed by atoms with E-state index in [1.54, 1.807) is 7.11 Å². The van der Waals surface area contributed by atoms with Crippen molar-refractivity contribution in [2.45, 2.75) is 0 Å². The van der Waals surface area contributed by atoms with Gasteiger partial charge in [0.15, 0.2) is 0 Å². The van der Waals surface area contributed by atoms with Gasteiger partial charge in [0, 0.05) is 17.2 Å². The van der Waals surface area contributed by atoms with E-state index >= 15 is 0 Å². The standard InChI is InChI=1S/C11H10ClNO/c1-14-9-5-6-10-8(7-9)3-2-4-11(10)13-12/h2-7,13H,1H3. The van der Waals surface area contributed by atoms with E-state index in [9.17, 15) is 0 Å². The molecule has 3 heteroatoms. The second kappa shape index (κ2) is 3.76. The molecule has 0 saturated carbocycles. The molecule has 0 aliphatic carbocycles. The van der Waals surface area contributed by atoms with Crippen molar-refractivity contribution in [2.75, 3.05) is 11.9 Å². The molecule has 0 aromatic heterocycles. The number of halogens is 1. The van der Waals surface area contributed by atoms with E-state index in [0.29, 0.717) is 0 Å². The number of nitrogens with one attached hydrogen (secondary N) is 1. The fraction of sp³-hybridized carbons (Fsp3) is 0.0909. The number of fused-ring (bicyclic) bond motifs is 1. The first-order valence-corrected chi connectivity index (χ1v) is 4.66. The van der Waals surface area contributed by atoms with Crippen LogP contribution in [0.3, 0.4) is 0 Å². The van der Waals surface area contributed by atoms with Gasteiger partial charge in [0.05, 0.1) is 12.8 Å². The molecule has 1 N–H and O–H groups in total. The third-order valence-corrected chi connectivity index (χ3v) is 2.39. The molecule has 0 fully saturated rings. The van der Waals surface area contributed by atoms with Gasteiger partial charge in [0.25, 0.3) is 0 Å². The minimum absolute atomic E-state index is 0.851. The highest BCUT2D eigenvalue weighted by molar-refractivity contribution is 6.25. The molecule has 0 radical (unpaired) electrons. The molecule has 0 unspecified atom stereocenters. The van der Waals surface area contributed by atoms with Gasteiger partial charge in [-0.2, -0.15) is 0 Å². The number of methoxy groups -OCH3 is 1. The third kappa shape index (κ3) is 1.49. The van der Waals surface area contributed by atoms with Crippen LogP contribution in [0, 0.1) is 0 Å². The monoisotopic (exact) mass is 207 g/mol. The van der Waals surface area contributed by atoms with Crippen LogP contribution in [0.2, 0.25) is 0 Å². The lowest BCUT2D eigenvalue weighted by Crippen LogP contribution is -1.85. The Kier molecular flexibility index (Phi) is 2.46. The fourth-order valence-corrected chi connectivity index (χ4v) is 1.64. The molecule has 2 nitrogen and oxygen atoms in total. The summed E-state index contributed by atoms with van der Waals surface area (Å²) in [5.74, 6) is 0.851. The molecule has 72 valence electrons. The smallest absolute Gasteiger partial charge is 0.119 e. The summed E-state index contributed by atoms with van der Waals surface area (Å²) in [4.78, 5) is 2.64. The minimum Gasteiger partial charge on any atom is -0.497 e. The van der Waals surface area contributed by atoms with Crippen molar-refractivity contribution in [2.24, 2.45) is 0 Å². The maximum atomic E-state index is 5.60. The van der Waals surface area contributed by atoms with Crippen LogP contribution in [0.5, 0.6) is 5.75 Å². The highest BCUT2D eigenvalue weighted by Crippen LogP contribution is 2.27. The van der Waals surface area contributed by atoms with Crippen molar-refractivity contribution < 1.29 is 4.74 Å². The number of hydrogen-bond acceptors (Lipinski definition) is 2. The van der Waals surface area contributed by atoms with Gasteiger partial charge < -0.3 is 4.74 Å². The average Bonchev–Trinajstić information content (AvgIpc) is 2.27. The second-order valence-electron chi connectivity index (χ2n) is 2.99. The molecule has 0 aliphatic heterocycles. The van der Waals surface area contributed by atoms with Gasteiger partial charge in [0.2, 0.25) is 0 Å². The van der Waals surface area contributed by atoms with Crippen molar-refractivity contribution in [3.8, 4) is 5.75 Å². The largest absolute Gasteiger partial charge is 0.497 e. The second-order valence-corrected chi connectivity index (χ2v) is 3.18. The quantitative estimate of drug-likeness (QED) is 0.762. The molecule has 0 saturated heterocycles. The summed E-state index contributed by atoms with van der Waals surface area (Å²) in [7, 11) is 1.66. The van der Waals surface area contributed by atoms with E-state index < -0.39 is 0 Å². The molecule has 14 heavy (non-hydrogen) atoms. The molecule has 2 aromatic carbocycles. The molecule has 2 aromatic rings. The molecular formula is C11H10ClNO. The van der Waals surface area contributed by atoms with Crippen molar-refractivity contribution in [1.29, 1.82) is 0 Å². The lowest BCUT2D eigenvalue weighted by Gasteiger charge is -2.05. The van der Waals surface area contributed by atoms with Gasteiger partial charge in [0.1, 0.15) is 5.75 Å². The predicted molar refractivity (Wildman–Crippen MR) is 60.0 cm³/mol. The Hall–Kier alpha value is -1.41.